The average molecular weight is 464 g/mol. The molecule has 1 aromatic heterocycles. The number of pyridine rings is 1. The molecule has 5 nitrogen and oxygen atoms in total. The van der Waals surface area contributed by atoms with Crippen LogP contribution in [-0.2, 0) is 23.9 Å². The highest BCUT2D eigenvalue weighted by Gasteiger charge is 2.34. The summed E-state index contributed by atoms with van der Waals surface area (Å²) in [6.07, 6.45) is -2.13. The molecular weight excluding hydrogens is 431 g/mol. The molecule has 0 radical (unpaired) electrons. The summed E-state index contributed by atoms with van der Waals surface area (Å²) in [7, 11) is 1.56. The third-order valence-corrected chi connectivity index (χ3v) is 6.48. The number of ketones is 1. The molecule has 3 rings (SSSR count). The molecule has 0 spiro atoms. The highest BCUT2D eigenvalue weighted by atomic mass is 19.4. The quantitative estimate of drug-likeness (QED) is 0.589. The van der Waals surface area contributed by atoms with Crippen LogP contribution in [0.3, 0.4) is 0 Å². The van der Waals surface area contributed by atoms with E-state index in [1.807, 2.05) is 30.0 Å². The molecule has 1 unspecified atom stereocenters. The van der Waals surface area contributed by atoms with E-state index in [4.69, 9.17) is 10.5 Å². The first-order chi connectivity index (χ1) is 15.6. The van der Waals surface area contributed by atoms with Gasteiger partial charge in [-0.25, -0.2) is 4.98 Å². The largest absolute Gasteiger partial charge is 0.496 e. The molecule has 8 heteroatoms. The lowest BCUT2D eigenvalue weighted by Gasteiger charge is -2.33. The van der Waals surface area contributed by atoms with Crippen LogP contribution in [0.2, 0.25) is 0 Å². The zero-order chi connectivity index (χ0) is 24.2. The number of halogens is 3. The van der Waals surface area contributed by atoms with Gasteiger partial charge in [-0.05, 0) is 48.4 Å². The Morgan fingerprint density at radius 3 is 2.48 bits per heavy atom. The van der Waals surface area contributed by atoms with Crippen molar-refractivity contribution in [3.8, 4) is 5.75 Å². The molecule has 33 heavy (non-hydrogen) atoms. The van der Waals surface area contributed by atoms with Crippen molar-refractivity contribution in [3.63, 3.8) is 0 Å². The van der Waals surface area contributed by atoms with Crippen LogP contribution in [0.25, 0.3) is 0 Å². The van der Waals surface area contributed by atoms with Crippen LogP contribution in [-0.4, -0.2) is 31.0 Å². The molecule has 2 N–H and O–H groups in total. The summed E-state index contributed by atoms with van der Waals surface area (Å²) in [5.41, 5.74) is 7.18. The van der Waals surface area contributed by atoms with E-state index < -0.39 is 11.9 Å². The van der Waals surface area contributed by atoms with Crippen LogP contribution < -0.4 is 15.4 Å². The highest BCUT2D eigenvalue weighted by molar-refractivity contribution is 5.85. The summed E-state index contributed by atoms with van der Waals surface area (Å²) in [5, 5.41) is 0. The van der Waals surface area contributed by atoms with Gasteiger partial charge in [-0.3, -0.25) is 4.79 Å². The standard InChI is InChI=1S/C25H32F3N3O2/c1-16-10-12-31(13-11-16)24-18(7-9-23(30-24)25(26,27)28)6-8-21(32)17(2)19-4-5-20(15-29)22(14-19)33-3/h4-5,7,9,14,16-17H,6,8,10-13,15,29H2,1-3H3. The molecule has 0 aliphatic carbocycles. The normalized spacial score (nSPS) is 16.0. The number of carbonyl (C=O) groups excluding carboxylic acids is 1. The van der Waals surface area contributed by atoms with E-state index >= 15 is 0 Å². The molecule has 2 aromatic rings. The number of nitrogens with zero attached hydrogens (tertiary/aromatic N) is 2. The number of alkyl halides is 3. The number of nitrogens with two attached hydrogens (primary N) is 1. The minimum atomic E-state index is -4.50. The van der Waals surface area contributed by atoms with Gasteiger partial charge < -0.3 is 15.4 Å². The number of methoxy groups -OCH3 is 1. The zero-order valence-electron chi connectivity index (χ0n) is 19.4. The number of piperidine rings is 1. The van der Waals surface area contributed by atoms with E-state index in [-0.39, 0.29) is 18.1 Å². The third kappa shape index (κ3) is 6.05. The van der Waals surface area contributed by atoms with E-state index in [0.717, 1.165) is 30.0 Å². The van der Waals surface area contributed by atoms with Crippen LogP contribution in [0.15, 0.2) is 30.3 Å². The first-order valence-electron chi connectivity index (χ1n) is 11.4. The minimum Gasteiger partial charge on any atom is -0.496 e. The predicted molar refractivity (Wildman–Crippen MR) is 122 cm³/mol. The maximum absolute atomic E-state index is 13.3. The molecule has 2 heterocycles. The second-order valence-corrected chi connectivity index (χ2v) is 8.81. The van der Waals surface area contributed by atoms with Crippen LogP contribution in [0.5, 0.6) is 5.75 Å². The number of anilines is 1. The molecule has 1 fully saturated rings. The number of hydrogen-bond acceptors (Lipinski definition) is 5. The zero-order valence-corrected chi connectivity index (χ0v) is 19.4. The maximum atomic E-state index is 13.3. The number of benzene rings is 1. The van der Waals surface area contributed by atoms with E-state index in [1.165, 1.54) is 6.07 Å². The van der Waals surface area contributed by atoms with Gasteiger partial charge in [0.2, 0.25) is 0 Å². The Morgan fingerprint density at radius 1 is 1.21 bits per heavy atom. The first-order valence-corrected chi connectivity index (χ1v) is 11.4. The van der Waals surface area contributed by atoms with Gasteiger partial charge in [0.05, 0.1) is 7.11 Å². The summed E-state index contributed by atoms with van der Waals surface area (Å²) in [6.45, 7) is 5.65. The van der Waals surface area contributed by atoms with Gasteiger partial charge in [0.15, 0.2) is 0 Å². The van der Waals surface area contributed by atoms with E-state index in [0.29, 0.717) is 49.1 Å². The molecule has 1 aliphatic rings. The summed E-state index contributed by atoms with van der Waals surface area (Å²) < 4.78 is 45.3. The van der Waals surface area contributed by atoms with Crippen LogP contribution >= 0.6 is 0 Å². The molecule has 1 atom stereocenters. The number of Topliss-reactive ketones (excluding diaryl/α,β-unsaturated/α-hetero) is 1. The van der Waals surface area contributed by atoms with Crippen molar-refractivity contribution in [3.05, 3.63) is 52.7 Å². The fourth-order valence-electron chi connectivity index (χ4n) is 4.18. The van der Waals surface area contributed by atoms with Crippen LogP contribution in [0, 0.1) is 5.92 Å². The maximum Gasteiger partial charge on any atom is 0.433 e. The Hall–Kier alpha value is -2.61. The Labute approximate surface area is 193 Å². The van der Waals surface area contributed by atoms with Crippen molar-refractivity contribution in [1.29, 1.82) is 0 Å². The minimum absolute atomic E-state index is 0.00988. The van der Waals surface area contributed by atoms with Gasteiger partial charge in [-0.2, -0.15) is 13.2 Å². The van der Waals surface area contributed by atoms with Crippen molar-refractivity contribution in [1.82, 2.24) is 4.98 Å². The molecule has 0 bridgehead atoms. The Morgan fingerprint density at radius 2 is 1.88 bits per heavy atom. The second-order valence-electron chi connectivity index (χ2n) is 8.81. The number of hydrogen-bond donors (Lipinski definition) is 1. The summed E-state index contributed by atoms with van der Waals surface area (Å²) in [6, 6.07) is 8.03. The molecule has 1 aromatic carbocycles. The first kappa shape index (κ1) is 25.0. The Bertz CT molecular complexity index is 970. The second kappa shape index (κ2) is 10.5. The SMILES string of the molecule is COc1cc(C(C)C(=O)CCc2ccc(C(F)(F)F)nc2N2CCC(C)CC2)ccc1CN. The molecule has 180 valence electrons. The van der Waals surface area contributed by atoms with Crippen molar-refractivity contribution >= 4 is 11.6 Å². The van der Waals surface area contributed by atoms with Crippen molar-refractivity contribution in [2.24, 2.45) is 11.7 Å². The van der Waals surface area contributed by atoms with Gasteiger partial charge in [0, 0.05) is 37.5 Å². The smallest absolute Gasteiger partial charge is 0.433 e. The van der Waals surface area contributed by atoms with Gasteiger partial charge in [0.1, 0.15) is 23.0 Å². The molecule has 1 aliphatic heterocycles. The predicted octanol–water partition coefficient (Wildman–Crippen LogP) is 5.11. The van der Waals surface area contributed by atoms with Crippen LogP contribution in [0.1, 0.15) is 61.4 Å². The summed E-state index contributed by atoms with van der Waals surface area (Å²) in [4.78, 5) is 18.9. The lowest BCUT2D eigenvalue weighted by Crippen LogP contribution is -2.34. The average Bonchev–Trinajstić information content (AvgIpc) is 2.81. The van der Waals surface area contributed by atoms with Crippen molar-refractivity contribution in [2.75, 3.05) is 25.1 Å². The highest BCUT2D eigenvalue weighted by Crippen LogP contribution is 2.33. The van der Waals surface area contributed by atoms with Gasteiger partial charge in [-0.1, -0.05) is 32.0 Å². The van der Waals surface area contributed by atoms with Gasteiger partial charge >= 0.3 is 6.18 Å². The van der Waals surface area contributed by atoms with E-state index in [1.54, 1.807) is 7.11 Å². The monoisotopic (exact) mass is 463 g/mol. The number of rotatable bonds is 8. The molecule has 0 amide bonds. The molecule has 1 saturated heterocycles. The van der Waals surface area contributed by atoms with Gasteiger partial charge in [0.25, 0.3) is 0 Å². The van der Waals surface area contributed by atoms with Gasteiger partial charge in [-0.15, -0.1) is 0 Å². The molecular formula is C25H32F3N3O2. The Balaban J connectivity index is 1.77. The fraction of sp³-hybridized carbons (Fsp3) is 0.520. The number of carbonyl (C=O) groups is 1. The van der Waals surface area contributed by atoms with E-state index in [2.05, 4.69) is 11.9 Å². The number of ether oxygens (including phenoxy) is 1. The van der Waals surface area contributed by atoms with Crippen molar-refractivity contribution < 1.29 is 22.7 Å². The summed E-state index contributed by atoms with van der Waals surface area (Å²) in [5.74, 6) is 1.18. The van der Waals surface area contributed by atoms with E-state index in [9.17, 15) is 18.0 Å². The topological polar surface area (TPSA) is 68.5 Å². The van der Waals surface area contributed by atoms with Crippen molar-refractivity contribution in [2.45, 2.75) is 58.2 Å². The third-order valence-electron chi connectivity index (χ3n) is 6.48. The van der Waals surface area contributed by atoms with Crippen LogP contribution in [0.4, 0.5) is 19.0 Å². The fourth-order valence-corrected chi connectivity index (χ4v) is 4.18. The Kier molecular flexibility index (Phi) is 8.00. The number of aryl methyl sites for hydroxylation is 1. The lowest BCUT2D eigenvalue weighted by atomic mass is 9.91. The molecule has 0 saturated carbocycles. The lowest BCUT2D eigenvalue weighted by molar-refractivity contribution is -0.141. The number of aromatic nitrogens is 1. The summed E-state index contributed by atoms with van der Waals surface area (Å²) >= 11 is 0.